The predicted octanol–water partition coefficient (Wildman–Crippen LogP) is 2.85. The van der Waals surface area contributed by atoms with Gasteiger partial charge in [-0.05, 0) is 31.0 Å². The Morgan fingerprint density at radius 2 is 2.00 bits per heavy atom. The van der Waals surface area contributed by atoms with Crippen LogP contribution in [-0.2, 0) is 0 Å². The van der Waals surface area contributed by atoms with E-state index in [1.165, 1.54) is 0 Å². The fourth-order valence-electron chi connectivity index (χ4n) is 1.55. The quantitative estimate of drug-likeness (QED) is 0.816. The number of carbonyl (C=O) groups is 1. The van der Waals surface area contributed by atoms with Crippen LogP contribution in [0.1, 0.15) is 24.2 Å². The third-order valence-electron chi connectivity index (χ3n) is 3.11. The molecule has 0 bridgehead atoms. The molecule has 0 heterocycles. The minimum Gasteiger partial charge on any atom is -0.497 e. The first-order chi connectivity index (χ1) is 9.03. The van der Waals surface area contributed by atoms with Gasteiger partial charge in [-0.3, -0.25) is 4.79 Å². The summed E-state index contributed by atoms with van der Waals surface area (Å²) >= 11 is 3.42. The lowest BCUT2D eigenvalue weighted by atomic mass is 10.1. The SMILES string of the molecule is COc1ccc(OC)c(C(=O)NC(C)C(C)CBr)c1. The molecule has 0 saturated heterocycles. The Hall–Kier alpha value is -1.23. The molecular formula is C14H20BrNO3. The standard InChI is InChI=1S/C14H20BrNO3/c1-9(8-15)10(2)16-14(17)12-7-11(18-3)5-6-13(12)19-4/h5-7,9-10H,8H2,1-4H3,(H,16,17). The Kier molecular flexibility index (Phi) is 6.15. The molecule has 0 aliphatic carbocycles. The van der Waals surface area contributed by atoms with Crippen LogP contribution in [0.25, 0.3) is 0 Å². The fourth-order valence-corrected chi connectivity index (χ4v) is 2.11. The minimum absolute atomic E-state index is 0.0720. The third-order valence-corrected chi connectivity index (χ3v) is 4.13. The first kappa shape index (κ1) is 15.8. The van der Waals surface area contributed by atoms with Crippen molar-refractivity contribution in [2.75, 3.05) is 19.5 Å². The Balaban J connectivity index is 2.91. The predicted molar refractivity (Wildman–Crippen MR) is 79.4 cm³/mol. The molecule has 2 unspecified atom stereocenters. The van der Waals surface area contributed by atoms with Gasteiger partial charge in [-0.25, -0.2) is 0 Å². The molecule has 0 spiro atoms. The fraction of sp³-hybridized carbons (Fsp3) is 0.500. The zero-order valence-electron chi connectivity index (χ0n) is 11.7. The molecule has 1 aromatic carbocycles. The van der Waals surface area contributed by atoms with Gasteiger partial charge in [0, 0.05) is 11.4 Å². The lowest BCUT2D eigenvalue weighted by Crippen LogP contribution is -2.37. The zero-order chi connectivity index (χ0) is 14.4. The lowest BCUT2D eigenvalue weighted by Gasteiger charge is -2.20. The van der Waals surface area contributed by atoms with Gasteiger partial charge in [0.1, 0.15) is 11.5 Å². The summed E-state index contributed by atoms with van der Waals surface area (Å²) < 4.78 is 10.3. The lowest BCUT2D eigenvalue weighted by molar-refractivity contribution is 0.0927. The van der Waals surface area contributed by atoms with E-state index in [1.807, 2.05) is 6.92 Å². The van der Waals surface area contributed by atoms with Crippen LogP contribution in [0, 0.1) is 5.92 Å². The van der Waals surface area contributed by atoms with Crippen LogP contribution in [0.5, 0.6) is 11.5 Å². The molecule has 1 amide bonds. The molecule has 5 heteroatoms. The van der Waals surface area contributed by atoms with Crippen molar-refractivity contribution < 1.29 is 14.3 Å². The van der Waals surface area contributed by atoms with Crippen molar-refractivity contribution in [2.24, 2.45) is 5.92 Å². The van der Waals surface area contributed by atoms with Gasteiger partial charge < -0.3 is 14.8 Å². The summed E-state index contributed by atoms with van der Waals surface area (Å²) in [6.07, 6.45) is 0. The van der Waals surface area contributed by atoms with Gasteiger partial charge in [-0.1, -0.05) is 22.9 Å². The van der Waals surface area contributed by atoms with Crippen molar-refractivity contribution in [3.63, 3.8) is 0 Å². The largest absolute Gasteiger partial charge is 0.497 e. The van der Waals surface area contributed by atoms with Gasteiger partial charge >= 0.3 is 0 Å². The molecule has 2 atom stereocenters. The van der Waals surface area contributed by atoms with Crippen molar-refractivity contribution in [3.05, 3.63) is 23.8 Å². The second-order valence-electron chi connectivity index (χ2n) is 4.46. The molecule has 1 N–H and O–H groups in total. The molecule has 106 valence electrons. The summed E-state index contributed by atoms with van der Waals surface area (Å²) in [5.41, 5.74) is 0.482. The van der Waals surface area contributed by atoms with Crippen molar-refractivity contribution in [1.82, 2.24) is 5.32 Å². The van der Waals surface area contributed by atoms with Crippen LogP contribution >= 0.6 is 15.9 Å². The highest BCUT2D eigenvalue weighted by Gasteiger charge is 2.18. The molecule has 0 aromatic heterocycles. The Morgan fingerprint density at radius 3 is 2.53 bits per heavy atom. The molecular weight excluding hydrogens is 310 g/mol. The summed E-state index contributed by atoms with van der Waals surface area (Å²) in [7, 11) is 3.11. The van der Waals surface area contributed by atoms with Crippen LogP contribution < -0.4 is 14.8 Å². The van der Waals surface area contributed by atoms with E-state index in [4.69, 9.17) is 9.47 Å². The van der Waals surface area contributed by atoms with E-state index in [0.717, 1.165) is 5.33 Å². The van der Waals surface area contributed by atoms with Crippen LogP contribution in [0.4, 0.5) is 0 Å². The second kappa shape index (κ2) is 7.38. The zero-order valence-corrected chi connectivity index (χ0v) is 13.3. The van der Waals surface area contributed by atoms with Gasteiger partial charge in [0.25, 0.3) is 5.91 Å². The molecule has 0 fully saturated rings. The molecule has 0 aliphatic heterocycles. The smallest absolute Gasteiger partial charge is 0.255 e. The summed E-state index contributed by atoms with van der Waals surface area (Å²) in [6.45, 7) is 4.05. The van der Waals surface area contributed by atoms with Gasteiger partial charge in [-0.15, -0.1) is 0 Å². The Morgan fingerprint density at radius 1 is 1.32 bits per heavy atom. The Bertz CT molecular complexity index is 437. The molecule has 4 nitrogen and oxygen atoms in total. The number of methoxy groups -OCH3 is 2. The van der Waals surface area contributed by atoms with Gasteiger partial charge in [0.05, 0.1) is 19.8 Å². The third kappa shape index (κ3) is 4.13. The van der Waals surface area contributed by atoms with Crippen molar-refractivity contribution in [3.8, 4) is 11.5 Å². The summed E-state index contributed by atoms with van der Waals surface area (Å²) in [6, 6.07) is 5.24. The summed E-state index contributed by atoms with van der Waals surface area (Å²) in [5, 5.41) is 3.81. The highest BCUT2D eigenvalue weighted by Crippen LogP contribution is 2.24. The monoisotopic (exact) mass is 329 g/mol. The van der Waals surface area contributed by atoms with Gasteiger partial charge in [-0.2, -0.15) is 0 Å². The number of amides is 1. The number of hydrogen-bond donors (Lipinski definition) is 1. The maximum absolute atomic E-state index is 12.3. The Labute approximate surface area is 122 Å². The average molecular weight is 330 g/mol. The van der Waals surface area contributed by atoms with E-state index in [0.29, 0.717) is 23.0 Å². The molecule has 0 aliphatic rings. The number of halogens is 1. The van der Waals surface area contributed by atoms with Crippen molar-refractivity contribution in [1.29, 1.82) is 0 Å². The maximum atomic E-state index is 12.3. The molecule has 0 saturated carbocycles. The number of benzene rings is 1. The summed E-state index contributed by atoms with van der Waals surface area (Å²) in [5.74, 6) is 1.36. The van der Waals surface area contributed by atoms with Crippen molar-refractivity contribution in [2.45, 2.75) is 19.9 Å². The average Bonchev–Trinajstić information content (AvgIpc) is 2.45. The van der Waals surface area contributed by atoms with E-state index >= 15 is 0 Å². The number of alkyl halides is 1. The second-order valence-corrected chi connectivity index (χ2v) is 5.11. The number of ether oxygens (including phenoxy) is 2. The normalized spacial score (nSPS) is 13.5. The number of hydrogen-bond acceptors (Lipinski definition) is 3. The number of nitrogens with one attached hydrogen (secondary N) is 1. The molecule has 1 rings (SSSR count). The summed E-state index contributed by atoms with van der Waals surface area (Å²) in [4.78, 5) is 12.3. The van der Waals surface area contributed by atoms with Crippen LogP contribution in [0.15, 0.2) is 18.2 Å². The van der Waals surface area contributed by atoms with Gasteiger partial charge in [0.2, 0.25) is 0 Å². The van der Waals surface area contributed by atoms with E-state index in [-0.39, 0.29) is 11.9 Å². The van der Waals surface area contributed by atoms with Crippen LogP contribution in [0.3, 0.4) is 0 Å². The molecule has 19 heavy (non-hydrogen) atoms. The molecule has 1 aromatic rings. The topological polar surface area (TPSA) is 47.6 Å². The number of rotatable bonds is 6. The highest BCUT2D eigenvalue weighted by molar-refractivity contribution is 9.09. The maximum Gasteiger partial charge on any atom is 0.255 e. The van der Waals surface area contributed by atoms with E-state index in [9.17, 15) is 4.79 Å². The van der Waals surface area contributed by atoms with Crippen molar-refractivity contribution >= 4 is 21.8 Å². The van der Waals surface area contributed by atoms with E-state index < -0.39 is 0 Å². The van der Waals surface area contributed by atoms with Crippen LogP contribution in [-0.4, -0.2) is 31.5 Å². The van der Waals surface area contributed by atoms with Crippen LogP contribution in [0.2, 0.25) is 0 Å². The number of carbonyl (C=O) groups excluding carboxylic acids is 1. The first-order valence-electron chi connectivity index (χ1n) is 6.12. The van der Waals surface area contributed by atoms with E-state index in [1.54, 1.807) is 32.4 Å². The van der Waals surface area contributed by atoms with Gasteiger partial charge in [0.15, 0.2) is 0 Å². The molecule has 0 radical (unpaired) electrons. The minimum atomic E-state index is -0.156. The van der Waals surface area contributed by atoms with E-state index in [2.05, 4.69) is 28.2 Å². The highest BCUT2D eigenvalue weighted by atomic mass is 79.9. The first-order valence-corrected chi connectivity index (χ1v) is 7.24.